The summed E-state index contributed by atoms with van der Waals surface area (Å²) in [6, 6.07) is 0.794. The van der Waals surface area contributed by atoms with Crippen molar-refractivity contribution in [3.63, 3.8) is 0 Å². The number of hydrogen-bond acceptors (Lipinski definition) is 0. The van der Waals surface area contributed by atoms with Gasteiger partial charge in [0.2, 0.25) is 0 Å². The standard InChI is InChI=1S/C16H29N/c1-10(2)11-7-15(3)9-16(4)8-12(11)13(15)6-14(16)17-5/h10-14H,5-9,17H2,1-4H3. The van der Waals surface area contributed by atoms with Crippen molar-refractivity contribution in [2.24, 2.45) is 34.5 Å². The highest BCUT2D eigenvalue weighted by Gasteiger charge is 2.64. The van der Waals surface area contributed by atoms with Gasteiger partial charge in [-0.3, -0.25) is 0 Å². The van der Waals surface area contributed by atoms with Crippen LogP contribution in [0.4, 0.5) is 0 Å². The van der Waals surface area contributed by atoms with E-state index >= 15 is 0 Å². The van der Waals surface area contributed by atoms with Crippen LogP contribution < -0.4 is 5.32 Å². The first-order valence-electron chi connectivity index (χ1n) is 7.52. The quantitative estimate of drug-likeness (QED) is 0.709. The Bertz CT molecular complexity index is 323. The highest BCUT2D eigenvalue weighted by Crippen LogP contribution is 2.69. The van der Waals surface area contributed by atoms with E-state index in [0.29, 0.717) is 10.8 Å². The summed E-state index contributed by atoms with van der Waals surface area (Å²) < 4.78 is 0. The molecule has 6 unspecified atom stereocenters. The van der Waals surface area contributed by atoms with Gasteiger partial charge >= 0.3 is 0 Å². The van der Waals surface area contributed by atoms with Gasteiger partial charge in [0, 0.05) is 11.8 Å². The van der Waals surface area contributed by atoms with Crippen molar-refractivity contribution < 1.29 is 5.32 Å². The fourth-order valence-corrected chi connectivity index (χ4v) is 6.10. The second kappa shape index (κ2) is 3.50. The SMILES string of the molecule is [CH2-][NH2+]C1CC2C3CC1(C)CC2(C)CC3C(C)C. The van der Waals surface area contributed by atoms with Crippen LogP contribution >= 0.6 is 0 Å². The number of rotatable bonds is 2. The zero-order valence-electron chi connectivity index (χ0n) is 12.0. The van der Waals surface area contributed by atoms with Gasteiger partial charge in [-0.05, 0) is 48.3 Å². The van der Waals surface area contributed by atoms with E-state index in [1.165, 1.54) is 25.7 Å². The number of nitrogens with two attached hydrogens (primary N) is 1. The van der Waals surface area contributed by atoms with E-state index < -0.39 is 0 Å². The highest BCUT2D eigenvalue weighted by molar-refractivity contribution is 5.13. The Morgan fingerprint density at radius 3 is 2.41 bits per heavy atom. The second-order valence-electron chi connectivity index (χ2n) is 8.15. The molecule has 2 N–H and O–H groups in total. The molecule has 1 nitrogen and oxygen atoms in total. The van der Waals surface area contributed by atoms with Crippen LogP contribution in [-0.4, -0.2) is 6.04 Å². The molecule has 0 heterocycles. The van der Waals surface area contributed by atoms with Crippen LogP contribution in [0.15, 0.2) is 0 Å². The van der Waals surface area contributed by atoms with Crippen LogP contribution in [0.25, 0.3) is 0 Å². The predicted octanol–water partition coefficient (Wildman–Crippen LogP) is 2.83. The van der Waals surface area contributed by atoms with Gasteiger partial charge in [-0.15, -0.1) is 0 Å². The normalized spacial score (nSPS) is 56.8. The van der Waals surface area contributed by atoms with Crippen molar-refractivity contribution in [3.8, 4) is 0 Å². The van der Waals surface area contributed by atoms with E-state index in [1.807, 2.05) is 0 Å². The first-order valence-corrected chi connectivity index (χ1v) is 7.52. The fourth-order valence-electron chi connectivity index (χ4n) is 6.10. The van der Waals surface area contributed by atoms with E-state index in [-0.39, 0.29) is 0 Å². The molecule has 17 heavy (non-hydrogen) atoms. The van der Waals surface area contributed by atoms with Crippen molar-refractivity contribution >= 4 is 0 Å². The van der Waals surface area contributed by atoms with Gasteiger partial charge in [0.05, 0.1) is 6.04 Å². The van der Waals surface area contributed by atoms with Crippen molar-refractivity contribution in [1.82, 2.24) is 0 Å². The molecule has 4 saturated carbocycles. The number of fused-ring (bicyclic) bond motifs is 1. The fraction of sp³-hybridized carbons (Fsp3) is 0.938. The Hall–Kier alpha value is -0.0400. The molecule has 0 aliphatic heterocycles. The third-order valence-electron chi connectivity index (χ3n) is 6.72. The molecule has 4 rings (SSSR count). The maximum atomic E-state index is 4.10. The highest BCUT2D eigenvalue weighted by atomic mass is 14.9. The molecule has 0 aromatic heterocycles. The van der Waals surface area contributed by atoms with Crippen LogP contribution in [0.5, 0.6) is 0 Å². The summed E-state index contributed by atoms with van der Waals surface area (Å²) in [5.41, 5.74) is 1.23. The molecule has 0 radical (unpaired) electrons. The molecule has 4 aliphatic carbocycles. The third-order valence-corrected chi connectivity index (χ3v) is 6.72. The smallest absolute Gasteiger partial charge is 0.0677 e. The molecule has 0 saturated heterocycles. The predicted molar refractivity (Wildman–Crippen MR) is 71.1 cm³/mol. The van der Waals surface area contributed by atoms with Gasteiger partial charge in [-0.2, -0.15) is 7.05 Å². The Morgan fingerprint density at radius 2 is 1.88 bits per heavy atom. The largest absolute Gasteiger partial charge is 0.476 e. The molecule has 4 fully saturated rings. The molecule has 98 valence electrons. The minimum Gasteiger partial charge on any atom is -0.476 e. The lowest BCUT2D eigenvalue weighted by Crippen LogP contribution is -2.89. The molecule has 6 atom stereocenters. The maximum Gasteiger partial charge on any atom is 0.0677 e. The molecule has 1 heteroatoms. The van der Waals surface area contributed by atoms with Crippen molar-refractivity contribution in [1.29, 1.82) is 0 Å². The molecular weight excluding hydrogens is 206 g/mol. The summed E-state index contributed by atoms with van der Waals surface area (Å²) >= 11 is 0. The maximum absolute atomic E-state index is 4.10. The number of quaternary nitrogens is 1. The third kappa shape index (κ3) is 1.47. The lowest BCUT2D eigenvalue weighted by atomic mass is 9.49. The van der Waals surface area contributed by atoms with Crippen LogP contribution in [-0.2, 0) is 0 Å². The molecule has 0 spiro atoms. The summed E-state index contributed by atoms with van der Waals surface area (Å²) in [4.78, 5) is 0. The molecule has 4 bridgehead atoms. The van der Waals surface area contributed by atoms with E-state index in [0.717, 1.165) is 29.7 Å². The van der Waals surface area contributed by atoms with Crippen LogP contribution in [0.2, 0.25) is 0 Å². The van der Waals surface area contributed by atoms with Gasteiger partial charge < -0.3 is 5.32 Å². The minimum absolute atomic E-state index is 0.569. The van der Waals surface area contributed by atoms with Gasteiger partial charge in [-0.25, -0.2) is 0 Å². The molecule has 0 amide bonds. The van der Waals surface area contributed by atoms with Gasteiger partial charge in [0.1, 0.15) is 0 Å². The van der Waals surface area contributed by atoms with Crippen LogP contribution in [0.3, 0.4) is 0 Å². The second-order valence-corrected chi connectivity index (χ2v) is 8.15. The first-order chi connectivity index (χ1) is 7.89. The van der Waals surface area contributed by atoms with Gasteiger partial charge in [-0.1, -0.05) is 27.7 Å². The molecular formula is C16H29N. The molecule has 0 aromatic rings. The van der Waals surface area contributed by atoms with E-state index in [2.05, 4.69) is 40.1 Å². The Balaban J connectivity index is 1.94. The van der Waals surface area contributed by atoms with Crippen LogP contribution in [0.1, 0.15) is 53.4 Å². The number of hydrogen-bond donors (Lipinski definition) is 1. The van der Waals surface area contributed by atoms with Crippen molar-refractivity contribution in [2.45, 2.75) is 59.4 Å². The monoisotopic (exact) mass is 235 g/mol. The zero-order chi connectivity index (χ0) is 12.4. The minimum atomic E-state index is 0.569. The van der Waals surface area contributed by atoms with Crippen molar-refractivity contribution in [2.75, 3.05) is 0 Å². The average Bonchev–Trinajstić information content (AvgIpc) is 2.43. The lowest BCUT2D eigenvalue weighted by molar-refractivity contribution is -0.659. The summed E-state index contributed by atoms with van der Waals surface area (Å²) in [6.45, 7) is 10.0. The average molecular weight is 235 g/mol. The molecule has 0 aromatic carbocycles. The summed E-state index contributed by atoms with van der Waals surface area (Å²) in [7, 11) is 4.10. The first kappa shape index (κ1) is 12.0. The zero-order valence-corrected chi connectivity index (χ0v) is 12.0. The summed E-state index contributed by atoms with van der Waals surface area (Å²) in [5.74, 6) is 3.90. The van der Waals surface area contributed by atoms with E-state index in [1.54, 1.807) is 0 Å². The Kier molecular flexibility index (Phi) is 2.47. The summed E-state index contributed by atoms with van der Waals surface area (Å²) in [6.07, 6.45) is 5.87. The van der Waals surface area contributed by atoms with E-state index in [9.17, 15) is 0 Å². The molecule has 4 aliphatic rings. The van der Waals surface area contributed by atoms with Gasteiger partial charge in [0.15, 0.2) is 0 Å². The Morgan fingerprint density at radius 1 is 1.18 bits per heavy atom. The van der Waals surface area contributed by atoms with E-state index in [4.69, 9.17) is 0 Å². The van der Waals surface area contributed by atoms with Crippen molar-refractivity contribution in [3.05, 3.63) is 7.05 Å². The van der Waals surface area contributed by atoms with Crippen LogP contribution in [0, 0.1) is 41.5 Å². The Labute approximate surface area is 107 Å². The topological polar surface area (TPSA) is 16.6 Å². The lowest BCUT2D eigenvalue weighted by Gasteiger charge is -2.57. The van der Waals surface area contributed by atoms with Gasteiger partial charge in [0.25, 0.3) is 0 Å². The summed E-state index contributed by atoms with van der Waals surface area (Å²) in [5, 5.41) is 2.26.